The molecule has 0 amide bonds. The highest BCUT2D eigenvalue weighted by molar-refractivity contribution is 5.06. The largest absolute Gasteiger partial charge is 0.269 e. The first-order valence-corrected chi connectivity index (χ1v) is 5.32. The Morgan fingerprint density at radius 3 is 2.29 bits per heavy atom. The second-order valence-electron chi connectivity index (χ2n) is 5.38. The molecule has 1 aromatic heterocycles. The molecule has 1 aromatic rings. The van der Waals surface area contributed by atoms with E-state index in [1.165, 1.54) is 5.69 Å². The summed E-state index contributed by atoms with van der Waals surface area (Å²) in [5.41, 5.74) is 2.73. The van der Waals surface area contributed by atoms with E-state index in [9.17, 15) is 0 Å². The van der Waals surface area contributed by atoms with Gasteiger partial charge in [0.1, 0.15) is 0 Å². The molecule has 1 unspecified atom stereocenters. The summed E-state index contributed by atoms with van der Waals surface area (Å²) in [6.45, 7) is 14.3. The standard InChI is InChI=1S/C12H22N2/c1-9(12(4,5)6)8-14-11(3)7-10(2)13-14/h7,9H,8H2,1-6H3. The minimum absolute atomic E-state index is 0.353. The molecule has 0 aromatic carbocycles. The van der Waals surface area contributed by atoms with Gasteiger partial charge in [-0.3, -0.25) is 4.68 Å². The van der Waals surface area contributed by atoms with Gasteiger partial charge in [-0.25, -0.2) is 0 Å². The summed E-state index contributed by atoms with van der Waals surface area (Å²) in [6.07, 6.45) is 0. The van der Waals surface area contributed by atoms with Crippen LogP contribution in [0.3, 0.4) is 0 Å². The van der Waals surface area contributed by atoms with E-state index >= 15 is 0 Å². The zero-order valence-electron chi connectivity index (χ0n) is 10.3. The molecule has 0 bridgehead atoms. The lowest BCUT2D eigenvalue weighted by molar-refractivity contribution is 0.224. The Bertz CT molecular complexity index is 305. The quantitative estimate of drug-likeness (QED) is 0.707. The molecular formula is C12H22N2. The maximum atomic E-state index is 4.48. The number of hydrogen-bond acceptors (Lipinski definition) is 1. The Hall–Kier alpha value is -0.790. The Balaban J connectivity index is 2.74. The number of hydrogen-bond donors (Lipinski definition) is 0. The lowest BCUT2D eigenvalue weighted by atomic mass is 9.82. The molecule has 14 heavy (non-hydrogen) atoms. The molecule has 0 saturated carbocycles. The van der Waals surface area contributed by atoms with Gasteiger partial charge in [-0.1, -0.05) is 27.7 Å². The molecule has 1 rings (SSSR count). The molecule has 0 aliphatic carbocycles. The first-order valence-electron chi connectivity index (χ1n) is 5.32. The van der Waals surface area contributed by atoms with Crippen LogP contribution in [0, 0.1) is 25.2 Å². The van der Waals surface area contributed by atoms with E-state index < -0.39 is 0 Å². The smallest absolute Gasteiger partial charge is 0.0596 e. The van der Waals surface area contributed by atoms with Crippen molar-refractivity contribution in [3.05, 3.63) is 17.5 Å². The van der Waals surface area contributed by atoms with Crippen LogP contribution < -0.4 is 0 Å². The van der Waals surface area contributed by atoms with Gasteiger partial charge in [0.15, 0.2) is 0 Å². The lowest BCUT2D eigenvalue weighted by Crippen LogP contribution is -2.23. The third-order valence-electron chi connectivity index (χ3n) is 3.03. The maximum absolute atomic E-state index is 4.48. The van der Waals surface area contributed by atoms with Gasteiger partial charge in [0.05, 0.1) is 5.69 Å². The average Bonchev–Trinajstić information content (AvgIpc) is 2.28. The van der Waals surface area contributed by atoms with Crippen molar-refractivity contribution >= 4 is 0 Å². The van der Waals surface area contributed by atoms with Crippen molar-refractivity contribution in [1.29, 1.82) is 0 Å². The van der Waals surface area contributed by atoms with Gasteiger partial charge in [-0.15, -0.1) is 0 Å². The van der Waals surface area contributed by atoms with Gasteiger partial charge in [-0.05, 0) is 31.2 Å². The summed E-state index contributed by atoms with van der Waals surface area (Å²) in [6, 6.07) is 2.13. The van der Waals surface area contributed by atoms with Gasteiger partial charge in [-0.2, -0.15) is 5.10 Å². The number of aryl methyl sites for hydroxylation is 2. The van der Waals surface area contributed by atoms with Gasteiger partial charge in [0.2, 0.25) is 0 Å². The Morgan fingerprint density at radius 2 is 1.93 bits per heavy atom. The molecular weight excluding hydrogens is 172 g/mol. The molecule has 0 spiro atoms. The lowest BCUT2D eigenvalue weighted by Gasteiger charge is -2.27. The van der Waals surface area contributed by atoms with Crippen LogP contribution in [-0.2, 0) is 6.54 Å². The topological polar surface area (TPSA) is 17.8 Å². The molecule has 80 valence electrons. The van der Waals surface area contributed by atoms with Gasteiger partial charge < -0.3 is 0 Å². The number of nitrogens with zero attached hydrogens (tertiary/aromatic N) is 2. The number of aromatic nitrogens is 2. The first-order chi connectivity index (χ1) is 6.30. The number of rotatable bonds is 2. The fraction of sp³-hybridized carbons (Fsp3) is 0.750. The normalized spacial score (nSPS) is 14.4. The van der Waals surface area contributed by atoms with E-state index in [0.717, 1.165) is 12.2 Å². The highest BCUT2D eigenvalue weighted by atomic mass is 15.3. The van der Waals surface area contributed by atoms with Crippen molar-refractivity contribution in [3.8, 4) is 0 Å². The van der Waals surface area contributed by atoms with E-state index in [0.29, 0.717) is 11.3 Å². The SMILES string of the molecule is Cc1cc(C)n(CC(C)C(C)(C)C)n1. The van der Waals surface area contributed by atoms with Crippen molar-refractivity contribution in [2.24, 2.45) is 11.3 Å². The zero-order valence-corrected chi connectivity index (χ0v) is 10.3. The van der Waals surface area contributed by atoms with Gasteiger partial charge in [0.25, 0.3) is 0 Å². The average molecular weight is 194 g/mol. The van der Waals surface area contributed by atoms with Crippen LogP contribution in [0.15, 0.2) is 6.07 Å². The summed E-state index contributed by atoms with van der Waals surface area (Å²) in [7, 11) is 0. The fourth-order valence-corrected chi connectivity index (χ4v) is 1.39. The summed E-state index contributed by atoms with van der Waals surface area (Å²) < 4.78 is 2.12. The van der Waals surface area contributed by atoms with E-state index in [1.807, 2.05) is 6.92 Å². The zero-order chi connectivity index (χ0) is 10.9. The molecule has 0 saturated heterocycles. The minimum atomic E-state index is 0.353. The second kappa shape index (κ2) is 3.76. The van der Waals surface area contributed by atoms with Crippen molar-refractivity contribution in [3.63, 3.8) is 0 Å². The monoisotopic (exact) mass is 194 g/mol. The van der Waals surface area contributed by atoms with E-state index in [1.54, 1.807) is 0 Å². The highest BCUT2D eigenvalue weighted by Crippen LogP contribution is 2.26. The Morgan fingerprint density at radius 1 is 1.36 bits per heavy atom. The molecule has 0 radical (unpaired) electrons. The minimum Gasteiger partial charge on any atom is -0.269 e. The fourth-order valence-electron chi connectivity index (χ4n) is 1.39. The molecule has 1 heterocycles. The predicted octanol–water partition coefficient (Wildman–Crippen LogP) is 3.18. The molecule has 0 N–H and O–H groups in total. The van der Waals surface area contributed by atoms with Crippen LogP contribution in [0.2, 0.25) is 0 Å². The van der Waals surface area contributed by atoms with E-state index in [4.69, 9.17) is 0 Å². The molecule has 1 atom stereocenters. The van der Waals surface area contributed by atoms with Gasteiger partial charge >= 0.3 is 0 Å². The summed E-state index contributed by atoms with van der Waals surface area (Å²) >= 11 is 0. The van der Waals surface area contributed by atoms with Crippen molar-refractivity contribution in [1.82, 2.24) is 9.78 Å². The summed E-state index contributed by atoms with van der Waals surface area (Å²) in [5, 5.41) is 4.48. The third kappa shape index (κ3) is 2.60. The maximum Gasteiger partial charge on any atom is 0.0596 e. The molecule has 0 aliphatic rings. The first kappa shape index (κ1) is 11.3. The predicted molar refractivity (Wildman–Crippen MR) is 60.3 cm³/mol. The Kier molecular flexibility index (Phi) is 3.03. The molecule has 2 nitrogen and oxygen atoms in total. The van der Waals surface area contributed by atoms with Crippen LogP contribution in [-0.4, -0.2) is 9.78 Å². The highest BCUT2D eigenvalue weighted by Gasteiger charge is 2.20. The second-order valence-corrected chi connectivity index (χ2v) is 5.38. The van der Waals surface area contributed by atoms with E-state index in [-0.39, 0.29) is 0 Å². The summed E-state index contributed by atoms with van der Waals surface area (Å²) in [5.74, 6) is 0.639. The van der Waals surface area contributed by atoms with Crippen LogP contribution in [0.4, 0.5) is 0 Å². The van der Waals surface area contributed by atoms with Crippen LogP contribution in [0.1, 0.15) is 39.1 Å². The molecule has 2 heteroatoms. The third-order valence-corrected chi connectivity index (χ3v) is 3.03. The van der Waals surface area contributed by atoms with Crippen molar-refractivity contribution in [2.45, 2.75) is 48.1 Å². The van der Waals surface area contributed by atoms with Crippen LogP contribution >= 0.6 is 0 Å². The van der Waals surface area contributed by atoms with E-state index in [2.05, 4.69) is 50.5 Å². The Labute approximate surface area is 87.3 Å². The van der Waals surface area contributed by atoms with Gasteiger partial charge in [0, 0.05) is 12.2 Å². The molecule has 0 fully saturated rings. The van der Waals surface area contributed by atoms with Crippen molar-refractivity contribution in [2.75, 3.05) is 0 Å². The van der Waals surface area contributed by atoms with Crippen LogP contribution in [0.5, 0.6) is 0 Å². The molecule has 0 aliphatic heterocycles. The van der Waals surface area contributed by atoms with Crippen LogP contribution in [0.25, 0.3) is 0 Å². The van der Waals surface area contributed by atoms with Crippen molar-refractivity contribution < 1.29 is 0 Å². The summed E-state index contributed by atoms with van der Waals surface area (Å²) in [4.78, 5) is 0.